The van der Waals surface area contributed by atoms with Crippen LogP contribution >= 0.6 is 0 Å². The van der Waals surface area contributed by atoms with Crippen molar-refractivity contribution in [3.05, 3.63) is 29.8 Å². The van der Waals surface area contributed by atoms with E-state index in [0.717, 1.165) is 17.9 Å². The summed E-state index contributed by atoms with van der Waals surface area (Å²) >= 11 is 0. The number of benzene rings is 1. The molecule has 70 valence electrons. The second-order valence-electron chi connectivity index (χ2n) is 2.89. The highest BCUT2D eigenvalue weighted by atomic mass is 16.5. The van der Waals surface area contributed by atoms with Gasteiger partial charge in [0.1, 0.15) is 5.75 Å². The molecular weight excluding hydrogens is 164 g/mol. The number of hydrogen-bond acceptors (Lipinski definition) is 3. The average molecular weight is 178 g/mol. The van der Waals surface area contributed by atoms with Crippen LogP contribution in [0.5, 0.6) is 5.75 Å². The Labute approximate surface area is 78.2 Å². The predicted octanol–water partition coefficient (Wildman–Crippen LogP) is 1.57. The summed E-state index contributed by atoms with van der Waals surface area (Å²) in [6.45, 7) is 1.91. The number of rotatable bonds is 3. The van der Waals surface area contributed by atoms with E-state index in [1.54, 1.807) is 7.11 Å². The smallest absolute Gasteiger partial charge is 0.118 e. The number of hydrazone groups is 1. The zero-order valence-corrected chi connectivity index (χ0v) is 7.95. The minimum Gasteiger partial charge on any atom is -0.497 e. The number of methoxy groups -OCH3 is 1. The fourth-order valence-electron chi connectivity index (χ4n) is 1.08. The first-order valence-electron chi connectivity index (χ1n) is 4.12. The van der Waals surface area contributed by atoms with Crippen LogP contribution in [-0.4, -0.2) is 12.8 Å². The molecule has 0 heterocycles. The number of nitrogens with two attached hydrogens (primary N) is 1. The minimum atomic E-state index is 0.792. The fraction of sp³-hybridized carbons (Fsp3) is 0.300. The molecule has 3 nitrogen and oxygen atoms in total. The van der Waals surface area contributed by atoms with Crippen LogP contribution < -0.4 is 10.6 Å². The van der Waals surface area contributed by atoms with E-state index in [1.165, 1.54) is 5.56 Å². The van der Waals surface area contributed by atoms with Gasteiger partial charge in [-0.1, -0.05) is 12.1 Å². The van der Waals surface area contributed by atoms with Crippen molar-refractivity contribution in [2.45, 2.75) is 13.3 Å². The molecule has 0 aromatic heterocycles. The van der Waals surface area contributed by atoms with Crippen molar-refractivity contribution in [3.8, 4) is 5.75 Å². The molecule has 0 aliphatic rings. The Hall–Kier alpha value is -1.51. The second kappa shape index (κ2) is 4.50. The third kappa shape index (κ3) is 2.78. The van der Waals surface area contributed by atoms with Gasteiger partial charge in [0.15, 0.2) is 0 Å². The number of hydrogen-bond donors (Lipinski definition) is 1. The molecule has 1 aromatic carbocycles. The van der Waals surface area contributed by atoms with Gasteiger partial charge in [-0.25, -0.2) is 0 Å². The van der Waals surface area contributed by atoms with Crippen LogP contribution in [0.25, 0.3) is 0 Å². The summed E-state index contributed by atoms with van der Waals surface area (Å²) in [6, 6.07) is 7.87. The molecule has 0 aliphatic carbocycles. The Morgan fingerprint density at radius 1 is 1.38 bits per heavy atom. The van der Waals surface area contributed by atoms with Crippen molar-refractivity contribution in [2.75, 3.05) is 7.11 Å². The lowest BCUT2D eigenvalue weighted by atomic mass is 10.1. The maximum atomic E-state index is 5.14. The van der Waals surface area contributed by atoms with Crippen molar-refractivity contribution >= 4 is 5.71 Å². The molecule has 0 bridgehead atoms. The van der Waals surface area contributed by atoms with Crippen LogP contribution in [-0.2, 0) is 6.42 Å². The van der Waals surface area contributed by atoms with E-state index in [4.69, 9.17) is 10.6 Å². The molecule has 0 spiro atoms. The molecular formula is C10H14N2O. The third-order valence-corrected chi connectivity index (χ3v) is 1.84. The lowest BCUT2D eigenvalue weighted by Crippen LogP contribution is -2.00. The summed E-state index contributed by atoms with van der Waals surface area (Å²) in [5.74, 6) is 6.01. The van der Waals surface area contributed by atoms with Crippen molar-refractivity contribution in [2.24, 2.45) is 10.9 Å². The molecule has 2 N–H and O–H groups in total. The molecule has 1 rings (SSSR count). The topological polar surface area (TPSA) is 47.6 Å². The van der Waals surface area contributed by atoms with Gasteiger partial charge in [-0.05, 0) is 24.6 Å². The second-order valence-corrected chi connectivity index (χ2v) is 2.89. The lowest BCUT2D eigenvalue weighted by molar-refractivity contribution is 0.414. The molecule has 0 radical (unpaired) electrons. The molecule has 3 heteroatoms. The first-order valence-corrected chi connectivity index (χ1v) is 4.12. The van der Waals surface area contributed by atoms with Crippen LogP contribution in [0.3, 0.4) is 0 Å². The Morgan fingerprint density at radius 3 is 2.46 bits per heavy atom. The lowest BCUT2D eigenvalue weighted by Gasteiger charge is -2.02. The average Bonchev–Trinajstić information content (AvgIpc) is 2.19. The largest absolute Gasteiger partial charge is 0.497 e. The Balaban J connectivity index is 2.69. The van der Waals surface area contributed by atoms with Gasteiger partial charge < -0.3 is 10.6 Å². The highest BCUT2D eigenvalue weighted by molar-refractivity contribution is 5.83. The molecule has 0 aliphatic heterocycles. The Kier molecular flexibility index (Phi) is 3.31. The fourth-order valence-corrected chi connectivity index (χ4v) is 1.08. The van der Waals surface area contributed by atoms with Gasteiger partial charge in [-0.3, -0.25) is 0 Å². The first kappa shape index (κ1) is 9.58. The van der Waals surface area contributed by atoms with E-state index in [-0.39, 0.29) is 0 Å². The van der Waals surface area contributed by atoms with E-state index < -0.39 is 0 Å². The van der Waals surface area contributed by atoms with E-state index in [2.05, 4.69) is 5.10 Å². The predicted molar refractivity (Wildman–Crippen MR) is 54.0 cm³/mol. The first-order chi connectivity index (χ1) is 6.26. The van der Waals surface area contributed by atoms with Crippen LogP contribution in [0.2, 0.25) is 0 Å². The number of ether oxygens (including phenoxy) is 1. The maximum absolute atomic E-state index is 5.14. The van der Waals surface area contributed by atoms with E-state index in [9.17, 15) is 0 Å². The van der Waals surface area contributed by atoms with Crippen molar-refractivity contribution < 1.29 is 4.74 Å². The summed E-state index contributed by atoms with van der Waals surface area (Å²) in [5, 5.41) is 3.61. The summed E-state index contributed by atoms with van der Waals surface area (Å²) in [7, 11) is 1.65. The van der Waals surface area contributed by atoms with Gasteiger partial charge >= 0.3 is 0 Å². The zero-order valence-electron chi connectivity index (χ0n) is 7.95. The van der Waals surface area contributed by atoms with Crippen LogP contribution in [0, 0.1) is 0 Å². The van der Waals surface area contributed by atoms with Gasteiger partial charge in [-0.15, -0.1) is 0 Å². The normalized spacial score (nSPS) is 11.4. The van der Waals surface area contributed by atoms with Gasteiger partial charge in [0.2, 0.25) is 0 Å². The van der Waals surface area contributed by atoms with Crippen LogP contribution in [0.15, 0.2) is 29.4 Å². The summed E-state index contributed by atoms with van der Waals surface area (Å²) in [5.41, 5.74) is 2.11. The van der Waals surface area contributed by atoms with Gasteiger partial charge in [0.05, 0.1) is 7.11 Å². The van der Waals surface area contributed by atoms with E-state index in [0.29, 0.717) is 0 Å². The highest BCUT2D eigenvalue weighted by Gasteiger charge is 1.96. The van der Waals surface area contributed by atoms with Crippen molar-refractivity contribution in [3.63, 3.8) is 0 Å². The highest BCUT2D eigenvalue weighted by Crippen LogP contribution is 2.11. The molecule has 1 aromatic rings. The van der Waals surface area contributed by atoms with Gasteiger partial charge in [0.25, 0.3) is 0 Å². The Morgan fingerprint density at radius 2 is 2.00 bits per heavy atom. The van der Waals surface area contributed by atoms with Crippen LogP contribution in [0.1, 0.15) is 12.5 Å². The molecule has 0 unspecified atom stereocenters. The Bertz CT molecular complexity index is 290. The van der Waals surface area contributed by atoms with Crippen molar-refractivity contribution in [1.29, 1.82) is 0 Å². The molecule has 0 saturated heterocycles. The third-order valence-electron chi connectivity index (χ3n) is 1.84. The molecule has 0 amide bonds. The number of nitrogens with zero attached hydrogens (tertiary/aromatic N) is 1. The SMILES string of the molecule is COc1ccc(CC(C)=NN)cc1. The van der Waals surface area contributed by atoms with E-state index in [1.807, 2.05) is 31.2 Å². The van der Waals surface area contributed by atoms with Crippen LogP contribution in [0.4, 0.5) is 0 Å². The molecule has 13 heavy (non-hydrogen) atoms. The standard InChI is InChI=1S/C10H14N2O/c1-8(12-11)7-9-3-5-10(13-2)6-4-9/h3-6H,7,11H2,1-2H3. The quantitative estimate of drug-likeness (QED) is 0.434. The molecule has 0 atom stereocenters. The zero-order chi connectivity index (χ0) is 9.68. The monoisotopic (exact) mass is 178 g/mol. The molecule has 0 fully saturated rings. The summed E-state index contributed by atoms with van der Waals surface area (Å²) < 4.78 is 5.05. The van der Waals surface area contributed by atoms with Gasteiger partial charge in [0, 0.05) is 12.1 Å². The maximum Gasteiger partial charge on any atom is 0.118 e. The summed E-state index contributed by atoms with van der Waals surface area (Å²) in [6.07, 6.45) is 0.792. The summed E-state index contributed by atoms with van der Waals surface area (Å²) in [4.78, 5) is 0. The molecule has 0 saturated carbocycles. The van der Waals surface area contributed by atoms with Gasteiger partial charge in [-0.2, -0.15) is 5.10 Å². The van der Waals surface area contributed by atoms with Crippen molar-refractivity contribution in [1.82, 2.24) is 0 Å². The van der Waals surface area contributed by atoms with E-state index >= 15 is 0 Å². The minimum absolute atomic E-state index is 0.792.